The SMILES string of the molecule is CCn1nnnc1-c1ccc(C(C)N)cc1. The van der Waals surface area contributed by atoms with E-state index in [0.717, 1.165) is 23.5 Å². The highest BCUT2D eigenvalue weighted by molar-refractivity contribution is 5.55. The molecule has 16 heavy (non-hydrogen) atoms. The Morgan fingerprint density at radius 2 is 2.00 bits per heavy atom. The average Bonchev–Trinajstić information content (AvgIpc) is 2.77. The molecule has 0 saturated heterocycles. The van der Waals surface area contributed by atoms with E-state index in [9.17, 15) is 0 Å². The number of aromatic nitrogens is 4. The number of benzene rings is 1. The zero-order valence-electron chi connectivity index (χ0n) is 9.46. The Hall–Kier alpha value is -1.75. The molecule has 2 rings (SSSR count). The van der Waals surface area contributed by atoms with E-state index < -0.39 is 0 Å². The molecular weight excluding hydrogens is 202 g/mol. The molecule has 1 heterocycles. The van der Waals surface area contributed by atoms with E-state index in [2.05, 4.69) is 15.5 Å². The van der Waals surface area contributed by atoms with Gasteiger partial charge in [0, 0.05) is 18.2 Å². The van der Waals surface area contributed by atoms with Crippen LogP contribution in [0, 0.1) is 0 Å². The van der Waals surface area contributed by atoms with Crippen LogP contribution >= 0.6 is 0 Å². The van der Waals surface area contributed by atoms with Crippen LogP contribution in [0.3, 0.4) is 0 Å². The van der Waals surface area contributed by atoms with Crippen LogP contribution < -0.4 is 5.73 Å². The molecule has 2 aromatic rings. The van der Waals surface area contributed by atoms with Gasteiger partial charge < -0.3 is 5.73 Å². The normalized spacial score (nSPS) is 12.7. The lowest BCUT2D eigenvalue weighted by atomic mass is 10.1. The summed E-state index contributed by atoms with van der Waals surface area (Å²) in [6, 6.07) is 8.06. The molecule has 0 aliphatic heterocycles. The molecule has 0 saturated carbocycles. The Morgan fingerprint density at radius 1 is 1.31 bits per heavy atom. The molecule has 5 heteroatoms. The largest absolute Gasteiger partial charge is 0.324 e. The number of hydrogen-bond acceptors (Lipinski definition) is 4. The van der Waals surface area contributed by atoms with Crippen LogP contribution in [0.5, 0.6) is 0 Å². The van der Waals surface area contributed by atoms with Crippen LogP contribution in [0.2, 0.25) is 0 Å². The summed E-state index contributed by atoms with van der Waals surface area (Å²) in [6.07, 6.45) is 0. The van der Waals surface area contributed by atoms with E-state index in [0.29, 0.717) is 0 Å². The molecule has 1 aromatic carbocycles. The third-order valence-corrected chi connectivity index (χ3v) is 2.53. The smallest absolute Gasteiger partial charge is 0.181 e. The maximum Gasteiger partial charge on any atom is 0.181 e. The van der Waals surface area contributed by atoms with Gasteiger partial charge in [0.05, 0.1) is 0 Å². The molecule has 0 fully saturated rings. The Bertz CT molecular complexity index is 457. The van der Waals surface area contributed by atoms with Gasteiger partial charge in [0.1, 0.15) is 0 Å². The van der Waals surface area contributed by atoms with Gasteiger partial charge in [-0.1, -0.05) is 24.3 Å². The zero-order chi connectivity index (χ0) is 11.5. The number of tetrazole rings is 1. The van der Waals surface area contributed by atoms with Crippen LogP contribution in [-0.2, 0) is 6.54 Å². The summed E-state index contributed by atoms with van der Waals surface area (Å²) in [5, 5.41) is 11.6. The lowest BCUT2D eigenvalue weighted by molar-refractivity contribution is 0.631. The highest BCUT2D eigenvalue weighted by Gasteiger charge is 2.07. The first kappa shape index (κ1) is 10.8. The number of nitrogens with zero attached hydrogens (tertiary/aromatic N) is 4. The second kappa shape index (κ2) is 4.40. The molecule has 0 aliphatic carbocycles. The fraction of sp³-hybridized carbons (Fsp3) is 0.364. The molecule has 1 atom stereocenters. The standard InChI is InChI=1S/C11H15N5/c1-3-16-11(13-14-15-16)10-6-4-9(5-7-10)8(2)12/h4-8H,3,12H2,1-2H3. The van der Waals surface area contributed by atoms with Crippen LogP contribution in [0.1, 0.15) is 25.5 Å². The van der Waals surface area contributed by atoms with Gasteiger partial charge in [0.2, 0.25) is 0 Å². The molecule has 1 unspecified atom stereocenters. The molecular formula is C11H15N5. The first-order chi connectivity index (χ1) is 7.72. The first-order valence-electron chi connectivity index (χ1n) is 5.34. The highest BCUT2D eigenvalue weighted by Crippen LogP contribution is 2.18. The predicted octanol–water partition coefficient (Wildman–Crippen LogP) is 1.38. The van der Waals surface area contributed by atoms with Gasteiger partial charge in [-0.05, 0) is 29.8 Å². The summed E-state index contributed by atoms with van der Waals surface area (Å²) in [4.78, 5) is 0. The zero-order valence-corrected chi connectivity index (χ0v) is 9.46. The molecule has 84 valence electrons. The van der Waals surface area contributed by atoms with Gasteiger partial charge >= 0.3 is 0 Å². The fourth-order valence-electron chi connectivity index (χ4n) is 1.56. The topological polar surface area (TPSA) is 69.6 Å². The van der Waals surface area contributed by atoms with Gasteiger partial charge in [-0.15, -0.1) is 5.10 Å². The molecule has 5 nitrogen and oxygen atoms in total. The minimum atomic E-state index is 0.0521. The fourth-order valence-corrected chi connectivity index (χ4v) is 1.56. The number of aryl methyl sites for hydroxylation is 1. The van der Waals surface area contributed by atoms with E-state index in [-0.39, 0.29) is 6.04 Å². The molecule has 0 spiro atoms. The maximum atomic E-state index is 5.79. The van der Waals surface area contributed by atoms with Gasteiger partial charge in [0.25, 0.3) is 0 Å². The summed E-state index contributed by atoms with van der Waals surface area (Å²) in [6.45, 7) is 4.73. The third-order valence-electron chi connectivity index (χ3n) is 2.53. The van der Waals surface area contributed by atoms with E-state index in [1.54, 1.807) is 4.68 Å². The molecule has 2 N–H and O–H groups in total. The lowest BCUT2D eigenvalue weighted by Crippen LogP contribution is -2.04. The van der Waals surface area contributed by atoms with Crippen molar-refractivity contribution < 1.29 is 0 Å². The van der Waals surface area contributed by atoms with Crippen molar-refractivity contribution in [3.8, 4) is 11.4 Å². The van der Waals surface area contributed by atoms with Crippen LogP contribution in [-0.4, -0.2) is 20.2 Å². The van der Waals surface area contributed by atoms with Crippen molar-refractivity contribution in [2.45, 2.75) is 26.4 Å². The van der Waals surface area contributed by atoms with E-state index in [1.165, 1.54) is 0 Å². The average molecular weight is 217 g/mol. The Balaban J connectivity index is 2.35. The summed E-state index contributed by atoms with van der Waals surface area (Å²) in [5.74, 6) is 0.790. The van der Waals surface area contributed by atoms with E-state index in [1.807, 2.05) is 38.1 Å². The van der Waals surface area contributed by atoms with Gasteiger partial charge in [-0.25, -0.2) is 4.68 Å². The van der Waals surface area contributed by atoms with Crippen LogP contribution in [0.25, 0.3) is 11.4 Å². The van der Waals surface area contributed by atoms with Crippen molar-refractivity contribution in [2.75, 3.05) is 0 Å². The highest BCUT2D eigenvalue weighted by atomic mass is 15.5. The third kappa shape index (κ3) is 1.94. The Labute approximate surface area is 94.3 Å². The minimum Gasteiger partial charge on any atom is -0.324 e. The minimum absolute atomic E-state index is 0.0521. The lowest BCUT2D eigenvalue weighted by Gasteiger charge is -2.06. The monoisotopic (exact) mass is 217 g/mol. The second-order valence-corrected chi connectivity index (χ2v) is 3.73. The quantitative estimate of drug-likeness (QED) is 0.843. The predicted molar refractivity (Wildman–Crippen MR) is 61.5 cm³/mol. The van der Waals surface area contributed by atoms with Gasteiger partial charge in [-0.3, -0.25) is 0 Å². The van der Waals surface area contributed by atoms with Crippen molar-refractivity contribution in [3.05, 3.63) is 29.8 Å². The van der Waals surface area contributed by atoms with Crippen molar-refractivity contribution >= 4 is 0 Å². The summed E-state index contributed by atoms with van der Waals surface area (Å²) in [5.41, 5.74) is 7.91. The Kier molecular flexibility index (Phi) is 2.96. The van der Waals surface area contributed by atoms with Gasteiger partial charge in [-0.2, -0.15) is 0 Å². The summed E-state index contributed by atoms with van der Waals surface area (Å²) in [7, 11) is 0. The molecule has 1 aromatic heterocycles. The summed E-state index contributed by atoms with van der Waals surface area (Å²) >= 11 is 0. The number of rotatable bonds is 3. The van der Waals surface area contributed by atoms with Crippen LogP contribution in [0.4, 0.5) is 0 Å². The second-order valence-electron chi connectivity index (χ2n) is 3.73. The van der Waals surface area contributed by atoms with Crippen molar-refractivity contribution in [3.63, 3.8) is 0 Å². The van der Waals surface area contributed by atoms with E-state index in [4.69, 9.17) is 5.73 Å². The van der Waals surface area contributed by atoms with Crippen molar-refractivity contribution in [1.82, 2.24) is 20.2 Å². The van der Waals surface area contributed by atoms with Crippen molar-refractivity contribution in [2.24, 2.45) is 5.73 Å². The molecule has 0 bridgehead atoms. The maximum absolute atomic E-state index is 5.79. The Morgan fingerprint density at radius 3 is 2.56 bits per heavy atom. The molecule has 0 radical (unpaired) electrons. The van der Waals surface area contributed by atoms with Gasteiger partial charge in [0.15, 0.2) is 5.82 Å². The number of hydrogen-bond donors (Lipinski definition) is 1. The first-order valence-corrected chi connectivity index (χ1v) is 5.34. The molecule has 0 amide bonds. The summed E-state index contributed by atoms with van der Waals surface area (Å²) < 4.78 is 1.76. The number of nitrogens with two attached hydrogens (primary N) is 1. The molecule has 0 aliphatic rings. The van der Waals surface area contributed by atoms with E-state index >= 15 is 0 Å². The van der Waals surface area contributed by atoms with Crippen molar-refractivity contribution in [1.29, 1.82) is 0 Å². The van der Waals surface area contributed by atoms with Crippen LogP contribution in [0.15, 0.2) is 24.3 Å².